The molecule has 2 fully saturated rings. The number of ether oxygens (including phenoxy) is 3. The van der Waals surface area contributed by atoms with Crippen LogP contribution >= 0.6 is 23.4 Å². The van der Waals surface area contributed by atoms with Gasteiger partial charge >= 0.3 is 0 Å². The molecule has 1 amide bonds. The third kappa shape index (κ3) is 5.31. The lowest BCUT2D eigenvalue weighted by Crippen LogP contribution is -2.35. The summed E-state index contributed by atoms with van der Waals surface area (Å²) in [7, 11) is 0. The minimum atomic E-state index is -0.744. The van der Waals surface area contributed by atoms with E-state index in [4.69, 9.17) is 30.9 Å². The number of thioether (sulfide) groups is 1. The van der Waals surface area contributed by atoms with E-state index in [1.807, 2.05) is 13.8 Å². The molecule has 1 saturated heterocycles. The van der Waals surface area contributed by atoms with Crippen LogP contribution in [0.2, 0.25) is 5.15 Å². The number of aromatic nitrogens is 2. The van der Waals surface area contributed by atoms with Crippen molar-refractivity contribution in [3.63, 3.8) is 0 Å². The van der Waals surface area contributed by atoms with Gasteiger partial charge < -0.3 is 30.0 Å². The fraction of sp³-hybridized carbons (Fsp3) is 0.722. The first-order valence-electron chi connectivity index (χ1n) is 9.63. The van der Waals surface area contributed by atoms with Crippen molar-refractivity contribution in [1.29, 1.82) is 0 Å². The summed E-state index contributed by atoms with van der Waals surface area (Å²) in [5.41, 5.74) is 0.317. The summed E-state index contributed by atoms with van der Waals surface area (Å²) >= 11 is 7.79. The first kappa shape index (κ1) is 22.5. The molecule has 11 heteroatoms. The number of aliphatic hydroxyl groups is 1. The van der Waals surface area contributed by atoms with Gasteiger partial charge in [-0.25, -0.2) is 9.97 Å². The molecule has 0 bridgehead atoms. The van der Waals surface area contributed by atoms with Crippen LogP contribution in [0, 0.1) is 0 Å². The number of nitrogens with one attached hydrogen (secondary N) is 2. The van der Waals surface area contributed by atoms with Gasteiger partial charge in [0, 0.05) is 5.75 Å². The van der Waals surface area contributed by atoms with Crippen LogP contribution in [0.4, 0.5) is 11.5 Å². The minimum absolute atomic E-state index is 0.0663. The summed E-state index contributed by atoms with van der Waals surface area (Å²) < 4.78 is 17.9. The van der Waals surface area contributed by atoms with Crippen LogP contribution in [0.15, 0.2) is 5.16 Å². The van der Waals surface area contributed by atoms with Crippen molar-refractivity contribution < 1.29 is 24.1 Å². The summed E-state index contributed by atoms with van der Waals surface area (Å²) in [5, 5.41) is 15.7. The second kappa shape index (κ2) is 9.76. The average molecular weight is 447 g/mol. The second-order valence-electron chi connectivity index (χ2n) is 7.32. The van der Waals surface area contributed by atoms with Crippen molar-refractivity contribution in [2.24, 2.45) is 0 Å². The van der Waals surface area contributed by atoms with Crippen molar-refractivity contribution in [3.8, 4) is 0 Å². The molecule has 0 spiro atoms. The lowest BCUT2D eigenvalue weighted by molar-refractivity contribution is -0.167. The van der Waals surface area contributed by atoms with Gasteiger partial charge in [0.2, 0.25) is 6.41 Å². The Morgan fingerprint density at radius 3 is 2.83 bits per heavy atom. The number of anilines is 2. The largest absolute Gasteiger partial charge is 0.394 e. The molecule has 1 unspecified atom stereocenters. The topological polar surface area (TPSA) is 115 Å². The van der Waals surface area contributed by atoms with Crippen molar-refractivity contribution in [3.05, 3.63) is 5.15 Å². The maximum atomic E-state index is 11.1. The van der Waals surface area contributed by atoms with Gasteiger partial charge in [-0.05, 0) is 26.7 Å². The van der Waals surface area contributed by atoms with Crippen LogP contribution in [-0.2, 0) is 19.0 Å². The molecule has 0 aromatic carbocycles. The Hall–Kier alpha value is -1.17. The molecular weight excluding hydrogens is 420 g/mol. The predicted octanol–water partition coefficient (Wildman–Crippen LogP) is 2.28. The molecular formula is C18H27ClN4O5S. The van der Waals surface area contributed by atoms with E-state index in [9.17, 15) is 4.79 Å². The van der Waals surface area contributed by atoms with Crippen LogP contribution in [-0.4, -0.2) is 70.6 Å². The third-order valence-corrected chi connectivity index (χ3v) is 5.97. The highest BCUT2D eigenvalue weighted by atomic mass is 35.5. The summed E-state index contributed by atoms with van der Waals surface area (Å²) in [6.07, 6.45) is 1.31. The highest BCUT2D eigenvalue weighted by molar-refractivity contribution is 7.99. The van der Waals surface area contributed by atoms with E-state index >= 15 is 0 Å². The van der Waals surface area contributed by atoms with Gasteiger partial charge in [-0.1, -0.05) is 30.3 Å². The van der Waals surface area contributed by atoms with Crippen molar-refractivity contribution in [1.82, 2.24) is 9.97 Å². The Morgan fingerprint density at radius 1 is 1.38 bits per heavy atom. The number of nitrogens with zero attached hydrogens (tertiary/aromatic N) is 2. The van der Waals surface area contributed by atoms with Crippen molar-refractivity contribution in [2.45, 2.75) is 68.9 Å². The molecule has 1 aliphatic carbocycles. The highest BCUT2D eigenvalue weighted by Gasteiger charge is 2.54. The molecule has 3 rings (SSSR count). The fourth-order valence-electron chi connectivity index (χ4n) is 3.58. The van der Waals surface area contributed by atoms with E-state index in [0.717, 1.165) is 12.2 Å². The Kier molecular flexibility index (Phi) is 7.58. The maximum absolute atomic E-state index is 11.1. The van der Waals surface area contributed by atoms with Gasteiger partial charge in [-0.15, -0.1) is 0 Å². The normalized spacial score (nSPS) is 27.6. The van der Waals surface area contributed by atoms with Crippen LogP contribution in [0.5, 0.6) is 0 Å². The van der Waals surface area contributed by atoms with Gasteiger partial charge in [0.05, 0.1) is 25.4 Å². The number of carbonyl (C=O) groups is 1. The third-order valence-electron chi connectivity index (χ3n) is 4.64. The number of aliphatic hydroxyl groups excluding tert-OH is 1. The molecule has 1 aliphatic heterocycles. The highest BCUT2D eigenvalue weighted by Crippen LogP contribution is 2.41. The second-order valence-corrected chi connectivity index (χ2v) is 8.74. The first-order chi connectivity index (χ1) is 13.9. The van der Waals surface area contributed by atoms with Crippen LogP contribution in [0.1, 0.15) is 33.6 Å². The van der Waals surface area contributed by atoms with E-state index in [2.05, 4.69) is 27.5 Å². The smallest absolute Gasteiger partial charge is 0.211 e. The standard InChI is InChI=1S/C18H27ClN4O5S/c1-4-7-29-17-22-15(19)12(20-9-25)16(23-17)21-10-8-11(26-6-5-24)14-13(10)27-18(2,3)28-14/h9-11,13-14,24H,4-8H2,1-3H3,(H,20,25)(H,21,22,23)/t10?,11-,13-,14+/m0/s1. The van der Waals surface area contributed by atoms with E-state index in [1.54, 1.807) is 0 Å². The molecule has 29 heavy (non-hydrogen) atoms. The Labute approximate surface area is 179 Å². The van der Waals surface area contributed by atoms with Crippen molar-refractivity contribution in [2.75, 3.05) is 29.6 Å². The average Bonchev–Trinajstić information content (AvgIpc) is 3.14. The van der Waals surface area contributed by atoms with Crippen LogP contribution in [0.25, 0.3) is 0 Å². The molecule has 0 radical (unpaired) electrons. The van der Waals surface area contributed by atoms with E-state index in [-0.39, 0.29) is 42.7 Å². The lowest BCUT2D eigenvalue weighted by Gasteiger charge is -2.25. The van der Waals surface area contributed by atoms with Gasteiger partial charge in [0.15, 0.2) is 21.9 Å². The van der Waals surface area contributed by atoms with Gasteiger partial charge in [0.1, 0.15) is 17.9 Å². The molecule has 162 valence electrons. The van der Waals surface area contributed by atoms with Crippen LogP contribution < -0.4 is 10.6 Å². The lowest BCUT2D eigenvalue weighted by atomic mass is 10.2. The molecule has 1 saturated carbocycles. The zero-order valence-corrected chi connectivity index (χ0v) is 18.3. The first-order valence-corrected chi connectivity index (χ1v) is 11.0. The molecule has 2 heterocycles. The number of fused-ring (bicyclic) bond motifs is 1. The molecule has 1 aromatic rings. The Bertz CT molecular complexity index is 726. The maximum Gasteiger partial charge on any atom is 0.211 e. The molecule has 3 N–H and O–H groups in total. The summed E-state index contributed by atoms with van der Waals surface area (Å²) in [6, 6.07) is -0.187. The van der Waals surface area contributed by atoms with Gasteiger partial charge in [-0.2, -0.15) is 0 Å². The minimum Gasteiger partial charge on any atom is -0.394 e. The van der Waals surface area contributed by atoms with E-state index < -0.39 is 5.79 Å². The number of carbonyl (C=O) groups excluding carboxylic acids is 1. The monoisotopic (exact) mass is 446 g/mol. The molecule has 2 aliphatic rings. The number of hydrogen-bond acceptors (Lipinski definition) is 9. The summed E-state index contributed by atoms with van der Waals surface area (Å²) in [6.45, 7) is 5.93. The molecule has 9 nitrogen and oxygen atoms in total. The SMILES string of the molecule is CCCSc1nc(Cl)c(NC=O)c(NC2C[C@H](OCCO)[C@H]3OC(C)(C)O[C@@H]23)n1. The summed E-state index contributed by atoms with van der Waals surface area (Å²) in [5.74, 6) is 0.536. The van der Waals surface area contributed by atoms with E-state index in [1.165, 1.54) is 11.8 Å². The van der Waals surface area contributed by atoms with Gasteiger partial charge in [0.25, 0.3) is 0 Å². The fourth-order valence-corrected chi connectivity index (χ4v) is 4.55. The van der Waals surface area contributed by atoms with Crippen molar-refractivity contribution >= 4 is 41.3 Å². The number of rotatable bonds is 10. The zero-order chi connectivity index (χ0) is 21.0. The number of halogens is 1. The number of amides is 1. The van der Waals surface area contributed by atoms with Gasteiger partial charge in [-0.3, -0.25) is 4.79 Å². The predicted molar refractivity (Wildman–Crippen MR) is 110 cm³/mol. The Morgan fingerprint density at radius 2 is 2.14 bits per heavy atom. The quantitative estimate of drug-likeness (QED) is 0.215. The molecule has 4 atom stereocenters. The van der Waals surface area contributed by atoms with Crippen LogP contribution in [0.3, 0.4) is 0 Å². The van der Waals surface area contributed by atoms with E-state index in [0.29, 0.717) is 29.5 Å². The number of hydrogen-bond donors (Lipinski definition) is 3. The summed E-state index contributed by atoms with van der Waals surface area (Å²) in [4.78, 5) is 19.9. The molecule has 1 aromatic heterocycles. The Balaban J connectivity index is 1.85. The zero-order valence-electron chi connectivity index (χ0n) is 16.7.